The Morgan fingerprint density at radius 1 is 1.08 bits per heavy atom. The standard InChI is InChI=1S/C19H23N3O3S/c20-26(24,25)17-10-6-14(7-11-17)12-13-21-19(23)22-18(16-8-9-16)15-4-2-1-3-5-15/h1-7,10-11,16,18H,8-9,12-13H2,(H2,20,24,25)(H2,21,22,23)/t18-/m1/s1. The van der Waals surface area contributed by atoms with E-state index in [9.17, 15) is 13.2 Å². The molecule has 2 aromatic rings. The number of benzene rings is 2. The molecule has 7 heteroatoms. The Bertz CT molecular complexity index is 847. The summed E-state index contributed by atoms with van der Waals surface area (Å²) in [5.74, 6) is 0.508. The van der Waals surface area contributed by atoms with Gasteiger partial charge in [0.1, 0.15) is 0 Å². The van der Waals surface area contributed by atoms with Gasteiger partial charge in [-0.25, -0.2) is 18.4 Å². The van der Waals surface area contributed by atoms with Gasteiger partial charge in [-0.1, -0.05) is 42.5 Å². The second-order valence-electron chi connectivity index (χ2n) is 6.56. The first-order valence-electron chi connectivity index (χ1n) is 8.64. The molecular weight excluding hydrogens is 350 g/mol. The SMILES string of the molecule is NS(=O)(=O)c1ccc(CCNC(=O)N[C@H](c2ccccc2)C2CC2)cc1. The zero-order valence-corrected chi connectivity index (χ0v) is 15.2. The van der Waals surface area contributed by atoms with E-state index in [4.69, 9.17) is 5.14 Å². The van der Waals surface area contributed by atoms with E-state index < -0.39 is 10.0 Å². The molecule has 0 aliphatic heterocycles. The van der Waals surface area contributed by atoms with Gasteiger partial charge in [-0.05, 0) is 48.4 Å². The topological polar surface area (TPSA) is 101 Å². The summed E-state index contributed by atoms with van der Waals surface area (Å²) in [5.41, 5.74) is 2.06. The van der Waals surface area contributed by atoms with Crippen molar-refractivity contribution in [2.75, 3.05) is 6.54 Å². The fourth-order valence-electron chi connectivity index (χ4n) is 2.92. The lowest BCUT2D eigenvalue weighted by Gasteiger charge is -2.19. The summed E-state index contributed by atoms with van der Waals surface area (Å²) in [6.45, 7) is 0.465. The molecule has 1 saturated carbocycles. The molecule has 2 amide bonds. The van der Waals surface area contributed by atoms with Gasteiger partial charge in [0.25, 0.3) is 0 Å². The van der Waals surface area contributed by atoms with Crippen molar-refractivity contribution in [3.05, 3.63) is 65.7 Å². The average molecular weight is 373 g/mol. The van der Waals surface area contributed by atoms with Crippen LogP contribution in [0.5, 0.6) is 0 Å². The van der Waals surface area contributed by atoms with Crippen molar-refractivity contribution >= 4 is 16.1 Å². The highest BCUT2D eigenvalue weighted by Gasteiger charge is 2.33. The lowest BCUT2D eigenvalue weighted by Crippen LogP contribution is -2.39. The molecule has 0 heterocycles. The Morgan fingerprint density at radius 2 is 1.73 bits per heavy atom. The maximum atomic E-state index is 12.2. The number of rotatable bonds is 7. The van der Waals surface area contributed by atoms with Gasteiger partial charge in [0.2, 0.25) is 10.0 Å². The Kier molecular flexibility index (Phi) is 5.58. The minimum absolute atomic E-state index is 0.0465. The molecule has 6 nitrogen and oxygen atoms in total. The Hall–Kier alpha value is -2.38. The fraction of sp³-hybridized carbons (Fsp3) is 0.316. The summed E-state index contributed by atoms with van der Waals surface area (Å²) in [7, 11) is -3.68. The molecule has 1 aliphatic carbocycles. The summed E-state index contributed by atoms with van der Waals surface area (Å²) >= 11 is 0. The molecule has 2 aromatic carbocycles. The summed E-state index contributed by atoms with van der Waals surface area (Å²) in [6.07, 6.45) is 2.88. The van der Waals surface area contributed by atoms with Crippen LogP contribution in [0.2, 0.25) is 0 Å². The Labute approximate surface area is 153 Å². The maximum Gasteiger partial charge on any atom is 0.315 e. The van der Waals surface area contributed by atoms with E-state index in [1.54, 1.807) is 12.1 Å². The number of carbonyl (C=O) groups excluding carboxylic acids is 1. The fourth-order valence-corrected chi connectivity index (χ4v) is 3.44. The van der Waals surface area contributed by atoms with Crippen LogP contribution in [0.15, 0.2) is 59.5 Å². The van der Waals surface area contributed by atoms with Crippen LogP contribution in [0.3, 0.4) is 0 Å². The van der Waals surface area contributed by atoms with Crippen molar-refractivity contribution in [2.24, 2.45) is 11.1 Å². The minimum atomic E-state index is -3.68. The third kappa shape index (κ3) is 5.06. The van der Waals surface area contributed by atoms with E-state index in [0.29, 0.717) is 18.9 Å². The highest BCUT2D eigenvalue weighted by Crippen LogP contribution is 2.40. The van der Waals surface area contributed by atoms with Gasteiger partial charge in [0, 0.05) is 6.54 Å². The van der Waals surface area contributed by atoms with E-state index >= 15 is 0 Å². The number of primary sulfonamides is 1. The summed E-state index contributed by atoms with van der Waals surface area (Å²) in [4.78, 5) is 12.3. The van der Waals surface area contributed by atoms with Crippen LogP contribution >= 0.6 is 0 Å². The molecule has 1 fully saturated rings. The van der Waals surface area contributed by atoms with Crippen LogP contribution in [0.25, 0.3) is 0 Å². The largest absolute Gasteiger partial charge is 0.338 e. The van der Waals surface area contributed by atoms with Gasteiger partial charge >= 0.3 is 6.03 Å². The van der Waals surface area contributed by atoms with Gasteiger partial charge in [0.05, 0.1) is 10.9 Å². The molecule has 0 radical (unpaired) electrons. The van der Waals surface area contributed by atoms with Gasteiger partial charge in [-0.2, -0.15) is 0 Å². The van der Waals surface area contributed by atoms with Crippen molar-refractivity contribution < 1.29 is 13.2 Å². The third-order valence-electron chi connectivity index (χ3n) is 4.49. The number of amides is 2. The minimum Gasteiger partial charge on any atom is -0.338 e. The highest BCUT2D eigenvalue weighted by atomic mass is 32.2. The molecule has 138 valence electrons. The highest BCUT2D eigenvalue weighted by molar-refractivity contribution is 7.89. The van der Waals surface area contributed by atoms with Crippen molar-refractivity contribution in [3.8, 4) is 0 Å². The van der Waals surface area contributed by atoms with Crippen LogP contribution in [-0.2, 0) is 16.4 Å². The number of hydrogen-bond donors (Lipinski definition) is 3. The smallest absolute Gasteiger partial charge is 0.315 e. The lowest BCUT2D eigenvalue weighted by atomic mass is 10.0. The van der Waals surface area contributed by atoms with Crippen LogP contribution in [0.1, 0.15) is 30.0 Å². The molecule has 0 aromatic heterocycles. The van der Waals surface area contributed by atoms with Crippen molar-refractivity contribution in [2.45, 2.75) is 30.2 Å². The third-order valence-corrected chi connectivity index (χ3v) is 5.42. The molecule has 1 aliphatic rings. The average Bonchev–Trinajstić information content (AvgIpc) is 3.45. The first kappa shape index (κ1) is 18.4. The number of nitrogens with two attached hydrogens (primary N) is 1. The van der Waals surface area contributed by atoms with Crippen molar-refractivity contribution in [3.63, 3.8) is 0 Å². The number of urea groups is 1. The molecule has 3 rings (SSSR count). The molecule has 1 atom stereocenters. The Balaban J connectivity index is 1.49. The number of sulfonamides is 1. The summed E-state index contributed by atoms with van der Waals surface area (Å²) < 4.78 is 22.5. The number of nitrogens with one attached hydrogen (secondary N) is 2. The molecule has 0 saturated heterocycles. The number of hydrogen-bond acceptors (Lipinski definition) is 3. The van der Waals surface area contributed by atoms with Gasteiger partial charge in [0.15, 0.2) is 0 Å². The number of carbonyl (C=O) groups is 1. The lowest BCUT2D eigenvalue weighted by molar-refractivity contribution is 0.235. The van der Waals surface area contributed by atoms with Crippen LogP contribution in [-0.4, -0.2) is 21.0 Å². The second-order valence-corrected chi connectivity index (χ2v) is 8.13. The summed E-state index contributed by atoms with van der Waals surface area (Å²) in [5, 5.41) is 11.0. The first-order chi connectivity index (χ1) is 12.4. The van der Waals surface area contributed by atoms with Crippen molar-refractivity contribution in [1.29, 1.82) is 0 Å². The summed E-state index contributed by atoms with van der Waals surface area (Å²) in [6, 6.07) is 16.2. The van der Waals surface area contributed by atoms with Gasteiger partial charge in [-0.3, -0.25) is 0 Å². The van der Waals surface area contributed by atoms with Crippen LogP contribution < -0.4 is 15.8 Å². The van der Waals surface area contributed by atoms with Crippen molar-refractivity contribution in [1.82, 2.24) is 10.6 Å². The van der Waals surface area contributed by atoms with Gasteiger partial charge in [-0.15, -0.1) is 0 Å². The predicted molar refractivity (Wildman–Crippen MR) is 100.0 cm³/mol. The van der Waals surface area contributed by atoms with Crippen LogP contribution in [0.4, 0.5) is 4.79 Å². The van der Waals surface area contributed by atoms with E-state index in [-0.39, 0.29) is 17.0 Å². The van der Waals surface area contributed by atoms with Crippen LogP contribution in [0, 0.1) is 5.92 Å². The van der Waals surface area contributed by atoms with Gasteiger partial charge < -0.3 is 10.6 Å². The maximum absolute atomic E-state index is 12.2. The molecule has 26 heavy (non-hydrogen) atoms. The molecule has 0 bridgehead atoms. The van der Waals surface area contributed by atoms with E-state index in [1.807, 2.05) is 30.3 Å². The zero-order chi connectivity index (χ0) is 18.6. The van der Waals surface area contributed by atoms with E-state index in [1.165, 1.54) is 12.1 Å². The first-order valence-corrected chi connectivity index (χ1v) is 10.2. The van der Waals surface area contributed by atoms with E-state index in [0.717, 1.165) is 24.0 Å². The second kappa shape index (κ2) is 7.88. The quantitative estimate of drug-likeness (QED) is 0.694. The molecule has 0 spiro atoms. The molecule has 4 N–H and O–H groups in total. The normalized spacial score (nSPS) is 15.3. The van der Waals surface area contributed by atoms with E-state index in [2.05, 4.69) is 10.6 Å². The zero-order valence-electron chi connectivity index (χ0n) is 14.4. The molecule has 0 unspecified atom stereocenters. The molecular formula is C19H23N3O3S. The Morgan fingerprint density at radius 3 is 2.31 bits per heavy atom. The predicted octanol–water partition coefficient (Wildman–Crippen LogP) is 2.33. The monoisotopic (exact) mass is 373 g/mol.